The molecule has 0 atom stereocenters. The smallest absolute Gasteiger partial charge is 0.332 e. The summed E-state index contributed by atoms with van der Waals surface area (Å²) in [5, 5.41) is 10.7. The molecule has 2 N–H and O–H groups in total. The second-order valence-corrected chi connectivity index (χ2v) is 7.73. The lowest BCUT2D eigenvalue weighted by atomic mass is 9.85. The summed E-state index contributed by atoms with van der Waals surface area (Å²) in [6.45, 7) is 4.03. The number of hydrogen-bond donors (Lipinski definition) is 2. The van der Waals surface area contributed by atoms with Crippen molar-refractivity contribution < 1.29 is 9.90 Å². The third-order valence-electron chi connectivity index (χ3n) is 5.83. The van der Waals surface area contributed by atoms with Crippen LogP contribution in [0.5, 0.6) is 0 Å². The number of carboxylic acid groups (broad SMARTS) is 1. The van der Waals surface area contributed by atoms with E-state index in [1.54, 1.807) is 0 Å². The number of rotatable bonds is 3. The zero-order valence-electron chi connectivity index (χ0n) is 16.8. The highest BCUT2D eigenvalue weighted by Gasteiger charge is 2.26. The van der Waals surface area contributed by atoms with Crippen molar-refractivity contribution in [3.05, 3.63) is 86.2 Å². The summed E-state index contributed by atoms with van der Waals surface area (Å²) in [5.41, 5.74) is 5.89. The van der Waals surface area contributed by atoms with E-state index in [-0.39, 0.29) is 5.43 Å². The van der Waals surface area contributed by atoms with Gasteiger partial charge in [0.05, 0.1) is 5.56 Å². The summed E-state index contributed by atoms with van der Waals surface area (Å²) >= 11 is 0. The number of benzene rings is 2. The van der Waals surface area contributed by atoms with Crippen LogP contribution in [0.3, 0.4) is 0 Å². The van der Waals surface area contributed by atoms with Crippen molar-refractivity contribution in [2.24, 2.45) is 0 Å². The molecule has 1 aliphatic carbocycles. The summed E-state index contributed by atoms with van der Waals surface area (Å²) in [4.78, 5) is 29.5. The minimum Gasteiger partial charge on any atom is -0.478 e. The van der Waals surface area contributed by atoms with Crippen molar-refractivity contribution in [2.45, 2.75) is 46.0 Å². The van der Waals surface area contributed by atoms with Gasteiger partial charge in [0.2, 0.25) is 0 Å². The Balaban J connectivity index is 2.15. The molecule has 1 heterocycles. The van der Waals surface area contributed by atoms with Gasteiger partial charge in [0.15, 0.2) is 5.43 Å². The van der Waals surface area contributed by atoms with Crippen LogP contribution in [0, 0.1) is 6.92 Å². The Morgan fingerprint density at radius 3 is 2.48 bits per heavy atom. The number of carbonyl (C=O) groups is 1. The zero-order chi connectivity index (χ0) is 20.5. The number of hydrogen-bond acceptors (Lipinski definition) is 2. The normalized spacial score (nSPS) is 14.4. The molecule has 0 radical (unpaired) electrons. The molecule has 0 aliphatic heterocycles. The van der Waals surface area contributed by atoms with Crippen LogP contribution in [0.25, 0.3) is 16.5 Å². The summed E-state index contributed by atoms with van der Waals surface area (Å²) < 4.78 is 0. The summed E-state index contributed by atoms with van der Waals surface area (Å²) in [6, 6.07) is 13.6. The van der Waals surface area contributed by atoms with Crippen molar-refractivity contribution in [1.82, 2.24) is 4.98 Å². The molecule has 0 unspecified atom stereocenters. The van der Waals surface area contributed by atoms with Crippen LogP contribution in [0.4, 0.5) is 0 Å². The number of H-pyrrole nitrogens is 1. The van der Waals surface area contributed by atoms with Crippen molar-refractivity contribution in [3.8, 4) is 0 Å². The number of fused-ring (bicyclic) bond motifs is 2. The van der Waals surface area contributed by atoms with E-state index in [9.17, 15) is 14.7 Å². The first-order valence-electron chi connectivity index (χ1n) is 10.2. The fourth-order valence-electron chi connectivity index (χ4n) is 4.34. The van der Waals surface area contributed by atoms with E-state index in [0.717, 1.165) is 53.6 Å². The Morgan fingerprint density at radius 1 is 1.07 bits per heavy atom. The third kappa shape index (κ3) is 3.39. The van der Waals surface area contributed by atoms with Crippen LogP contribution in [-0.2, 0) is 17.6 Å². The molecule has 1 aromatic heterocycles. The van der Waals surface area contributed by atoms with E-state index < -0.39 is 5.97 Å². The van der Waals surface area contributed by atoms with Crippen molar-refractivity contribution in [2.75, 3.05) is 0 Å². The maximum absolute atomic E-state index is 13.8. The molecule has 29 heavy (non-hydrogen) atoms. The highest BCUT2D eigenvalue weighted by molar-refractivity contribution is 6.02. The number of aromatic amines is 1. The van der Waals surface area contributed by atoms with Gasteiger partial charge in [-0.1, -0.05) is 48.9 Å². The van der Waals surface area contributed by atoms with Crippen molar-refractivity contribution in [3.63, 3.8) is 0 Å². The monoisotopic (exact) mass is 387 g/mol. The predicted octanol–water partition coefficient (Wildman–Crippen LogP) is 5.01. The van der Waals surface area contributed by atoms with Gasteiger partial charge in [0.1, 0.15) is 0 Å². The average Bonchev–Trinajstić information content (AvgIpc) is 2.69. The maximum Gasteiger partial charge on any atom is 0.332 e. The van der Waals surface area contributed by atoms with Crippen LogP contribution in [0.2, 0.25) is 0 Å². The van der Waals surface area contributed by atoms with E-state index in [2.05, 4.69) is 4.98 Å². The molecule has 3 aromatic rings. The summed E-state index contributed by atoms with van der Waals surface area (Å²) in [7, 11) is 0. The second-order valence-electron chi connectivity index (χ2n) is 7.73. The van der Waals surface area contributed by atoms with E-state index in [1.165, 1.54) is 0 Å². The molecule has 4 nitrogen and oxygen atoms in total. The molecule has 0 bridgehead atoms. The van der Waals surface area contributed by atoms with Gasteiger partial charge >= 0.3 is 5.97 Å². The van der Waals surface area contributed by atoms with E-state index >= 15 is 0 Å². The second kappa shape index (κ2) is 7.70. The molecule has 0 fully saturated rings. The van der Waals surface area contributed by atoms with Crippen LogP contribution in [-0.4, -0.2) is 16.1 Å². The van der Waals surface area contributed by atoms with Gasteiger partial charge in [-0.3, -0.25) is 4.79 Å². The quantitative estimate of drug-likeness (QED) is 0.663. The molecule has 2 aromatic carbocycles. The summed E-state index contributed by atoms with van der Waals surface area (Å²) in [6.07, 6.45) is 3.57. The predicted molar refractivity (Wildman–Crippen MR) is 116 cm³/mol. The molecule has 0 saturated heterocycles. The van der Waals surface area contributed by atoms with Crippen LogP contribution in [0.1, 0.15) is 54.1 Å². The molecule has 4 rings (SSSR count). The largest absolute Gasteiger partial charge is 0.478 e. The van der Waals surface area contributed by atoms with Crippen LogP contribution >= 0.6 is 0 Å². The maximum atomic E-state index is 13.8. The molecular formula is C25H25NO3. The first-order valence-corrected chi connectivity index (χ1v) is 10.2. The number of carboxylic acids is 1. The number of aliphatic carboxylic acids is 1. The number of nitrogens with one attached hydrogen (secondary N) is 1. The fraction of sp³-hybridized carbons (Fsp3) is 0.280. The topological polar surface area (TPSA) is 70.2 Å². The minimum absolute atomic E-state index is 0.0672. The standard InChI is InChI=1S/C25H25NO3/c1-3-16-7-6-10-19-22(16)24(27)23-20(26-19)9-5-4-8-18(25(28)29)21(23)17-13-11-15(2)12-14-17/h6-7,10-14H,3-5,8-9H2,1-2H3,(H,26,27)(H,28,29). The molecule has 4 heteroatoms. The third-order valence-corrected chi connectivity index (χ3v) is 5.83. The van der Waals surface area contributed by atoms with Crippen LogP contribution < -0.4 is 5.43 Å². The average molecular weight is 387 g/mol. The van der Waals surface area contributed by atoms with Gasteiger partial charge in [-0.2, -0.15) is 0 Å². The Morgan fingerprint density at radius 2 is 1.79 bits per heavy atom. The zero-order valence-corrected chi connectivity index (χ0v) is 16.8. The van der Waals surface area contributed by atoms with Gasteiger partial charge < -0.3 is 10.1 Å². The van der Waals surface area contributed by atoms with E-state index in [4.69, 9.17) is 0 Å². The first kappa shape index (κ1) is 19.2. The molecule has 0 saturated carbocycles. The van der Waals surface area contributed by atoms with E-state index in [0.29, 0.717) is 28.5 Å². The van der Waals surface area contributed by atoms with Gasteiger partial charge in [-0.05, 0) is 56.2 Å². The number of pyridine rings is 1. The summed E-state index contributed by atoms with van der Waals surface area (Å²) in [5.74, 6) is -0.948. The highest BCUT2D eigenvalue weighted by atomic mass is 16.4. The van der Waals surface area contributed by atoms with Crippen molar-refractivity contribution >= 4 is 22.4 Å². The van der Waals surface area contributed by atoms with E-state index in [1.807, 2.05) is 56.3 Å². The van der Waals surface area contributed by atoms with Gasteiger partial charge in [-0.15, -0.1) is 0 Å². The Kier molecular flexibility index (Phi) is 5.10. The number of aromatic nitrogens is 1. The SMILES string of the molecule is CCc1cccc2[nH]c3c(c(=O)c12)C(c1ccc(C)cc1)=C(C(=O)O)CCCC3. The lowest BCUT2D eigenvalue weighted by Gasteiger charge is -2.21. The Labute approximate surface area is 169 Å². The Hall–Kier alpha value is -3.14. The molecule has 0 spiro atoms. The molecule has 0 amide bonds. The highest BCUT2D eigenvalue weighted by Crippen LogP contribution is 2.34. The van der Waals surface area contributed by atoms with Gasteiger partial charge in [-0.25, -0.2) is 4.79 Å². The minimum atomic E-state index is -0.948. The fourth-order valence-corrected chi connectivity index (χ4v) is 4.34. The Bertz CT molecular complexity index is 1180. The first-order chi connectivity index (χ1) is 14.0. The lowest BCUT2D eigenvalue weighted by molar-refractivity contribution is -0.132. The molecule has 148 valence electrons. The van der Waals surface area contributed by atoms with Crippen LogP contribution in [0.15, 0.2) is 52.8 Å². The lowest BCUT2D eigenvalue weighted by Crippen LogP contribution is -2.20. The van der Waals surface area contributed by atoms with Gasteiger partial charge in [0, 0.05) is 27.7 Å². The van der Waals surface area contributed by atoms with Gasteiger partial charge in [0.25, 0.3) is 0 Å². The molecule has 1 aliphatic rings. The molecular weight excluding hydrogens is 362 g/mol. The number of aryl methyl sites for hydroxylation is 3. The van der Waals surface area contributed by atoms with Crippen molar-refractivity contribution in [1.29, 1.82) is 0 Å².